The van der Waals surface area contributed by atoms with Gasteiger partial charge in [-0.05, 0) is 37.5 Å². The predicted octanol–water partition coefficient (Wildman–Crippen LogP) is 2.39. The van der Waals surface area contributed by atoms with Crippen molar-refractivity contribution < 1.29 is 4.74 Å². The molecule has 1 aliphatic heterocycles. The third kappa shape index (κ3) is 2.41. The van der Waals surface area contributed by atoms with E-state index in [0.29, 0.717) is 0 Å². The van der Waals surface area contributed by atoms with Crippen LogP contribution >= 0.6 is 12.2 Å². The maximum absolute atomic E-state index is 5.80. The molecule has 1 aromatic heterocycles. The Balaban J connectivity index is 2.06. The van der Waals surface area contributed by atoms with Gasteiger partial charge < -0.3 is 15.8 Å². The van der Waals surface area contributed by atoms with Gasteiger partial charge in [0.15, 0.2) is 11.3 Å². The van der Waals surface area contributed by atoms with E-state index in [4.69, 9.17) is 22.7 Å². The number of fused-ring (bicyclic) bond motifs is 1. The first-order valence-electron chi connectivity index (χ1n) is 6.40. The maximum atomic E-state index is 5.80. The molecule has 1 fully saturated rings. The molecule has 1 atom stereocenters. The quantitative estimate of drug-likeness (QED) is 0.825. The van der Waals surface area contributed by atoms with Crippen molar-refractivity contribution in [3.05, 3.63) is 24.4 Å². The summed E-state index contributed by atoms with van der Waals surface area (Å²) >= 11 is 4.92. The lowest BCUT2D eigenvalue weighted by Crippen LogP contribution is -2.22. The lowest BCUT2D eigenvalue weighted by atomic mass is 10.1. The van der Waals surface area contributed by atoms with Crippen LogP contribution < -0.4 is 11.1 Å². The van der Waals surface area contributed by atoms with Gasteiger partial charge >= 0.3 is 0 Å². The highest BCUT2D eigenvalue weighted by Crippen LogP contribution is 2.30. The van der Waals surface area contributed by atoms with E-state index in [9.17, 15) is 0 Å². The van der Waals surface area contributed by atoms with Crippen LogP contribution in [-0.4, -0.2) is 21.5 Å². The minimum atomic E-state index is 0.000505. The van der Waals surface area contributed by atoms with E-state index in [1.165, 1.54) is 0 Å². The molecule has 0 aliphatic carbocycles. The first-order valence-corrected chi connectivity index (χ1v) is 6.81. The lowest BCUT2D eigenvalue weighted by Gasteiger charge is -2.24. The van der Waals surface area contributed by atoms with Crippen molar-refractivity contribution in [3.8, 4) is 0 Å². The van der Waals surface area contributed by atoms with E-state index in [-0.39, 0.29) is 11.3 Å². The molecule has 3 N–H and O–H groups in total. The fourth-order valence-corrected chi connectivity index (χ4v) is 2.58. The molecule has 1 aromatic carbocycles. The van der Waals surface area contributed by atoms with E-state index >= 15 is 0 Å². The summed E-state index contributed by atoms with van der Waals surface area (Å²) in [6, 6.07) is 5.92. The predicted molar refractivity (Wildman–Crippen MR) is 79.0 cm³/mol. The van der Waals surface area contributed by atoms with Crippen LogP contribution in [0.4, 0.5) is 5.69 Å². The first kappa shape index (κ1) is 12.4. The van der Waals surface area contributed by atoms with Crippen LogP contribution in [0.15, 0.2) is 24.4 Å². The Morgan fingerprint density at radius 1 is 1.47 bits per heavy atom. The first-order chi connectivity index (χ1) is 9.25. The highest BCUT2D eigenvalue weighted by atomic mass is 32.1. The number of para-hydroxylation sites is 1. The molecule has 6 heteroatoms. The van der Waals surface area contributed by atoms with Crippen molar-refractivity contribution in [3.63, 3.8) is 0 Å². The van der Waals surface area contributed by atoms with E-state index in [0.717, 1.165) is 42.5 Å². The van der Waals surface area contributed by atoms with Crippen LogP contribution in [0.2, 0.25) is 0 Å². The molecule has 1 unspecified atom stereocenters. The third-order valence-corrected chi connectivity index (χ3v) is 3.41. The van der Waals surface area contributed by atoms with E-state index in [1.54, 1.807) is 0 Å². The molecule has 0 bridgehead atoms. The zero-order chi connectivity index (χ0) is 13.2. The Labute approximate surface area is 116 Å². The smallest absolute Gasteiger partial charge is 0.168 e. The summed E-state index contributed by atoms with van der Waals surface area (Å²) in [4.78, 5) is 0. The van der Waals surface area contributed by atoms with Crippen LogP contribution in [0.3, 0.4) is 0 Å². The largest absolute Gasteiger partial charge is 0.376 e. The summed E-state index contributed by atoms with van der Waals surface area (Å²) in [6.45, 7) is 0.789. The van der Waals surface area contributed by atoms with E-state index < -0.39 is 0 Å². The zero-order valence-corrected chi connectivity index (χ0v) is 11.3. The van der Waals surface area contributed by atoms with Crippen LogP contribution in [0.5, 0.6) is 0 Å². The summed E-state index contributed by atoms with van der Waals surface area (Å²) in [5, 5.41) is 8.77. The summed E-state index contributed by atoms with van der Waals surface area (Å²) in [5.41, 5.74) is 7.43. The summed E-state index contributed by atoms with van der Waals surface area (Å²) < 4.78 is 7.72. The van der Waals surface area contributed by atoms with Crippen LogP contribution in [-0.2, 0) is 4.74 Å². The molecule has 0 radical (unpaired) electrons. The van der Waals surface area contributed by atoms with Crippen molar-refractivity contribution in [2.45, 2.75) is 25.5 Å². The van der Waals surface area contributed by atoms with Gasteiger partial charge in [0.1, 0.15) is 0 Å². The van der Waals surface area contributed by atoms with Crippen LogP contribution in [0, 0.1) is 0 Å². The van der Waals surface area contributed by atoms with Gasteiger partial charge in [-0.2, -0.15) is 5.10 Å². The molecule has 100 valence electrons. The summed E-state index contributed by atoms with van der Waals surface area (Å²) in [7, 11) is 0. The van der Waals surface area contributed by atoms with Crippen molar-refractivity contribution in [1.82, 2.24) is 9.78 Å². The second kappa shape index (κ2) is 5.14. The standard InChI is InChI=1S/C13H16N4OS/c14-13(19)16-10-5-3-4-9-8-15-17(12(9)10)11-6-1-2-7-18-11/h3-5,8,11H,1-2,6-7H2,(H3,14,16,19). The number of hydrogen-bond acceptors (Lipinski definition) is 3. The molecule has 19 heavy (non-hydrogen) atoms. The van der Waals surface area contributed by atoms with E-state index in [2.05, 4.69) is 10.4 Å². The number of aromatic nitrogens is 2. The van der Waals surface area contributed by atoms with Gasteiger partial charge in [0.05, 0.1) is 17.4 Å². The van der Waals surface area contributed by atoms with Crippen molar-refractivity contribution in [2.75, 3.05) is 11.9 Å². The highest BCUT2D eigenvalue weighted by Gasteiger charge is 2.20. The number of nitrogens with zero attached hydrogens (tertiary/aromatic N) is 2. The van der Waals surface area contributed by atoms with Gasteiger partial charge in [0.2, 0.25) is 0 Å². The van der Waals surface area contributed by atoms with Gasteiger partial charge in [-0.15, -0.1) is 0 Å². The monoisotopic (exact) mass is 276 g/mol. The van der Waals surface area contributed by atoms with Crippen molar-refractivity contribution >= 4 is 33.9 Å². The molecule has 0 spiro atoms. The van der Waals surface area contributed by atoms with Gasteiger partial charge in [0.25, 0.3) is 0 Å². The molecule has 0 saturated carbocycles. The average Bonchev–Trinajstić information content (AvgIpc) is 2.84. The summed E-state index contributed by atoms with van der Waals surface area (Å²) in [5.74, 6) is 0. The Hall–Kier alpha value is -1.66. The maximum Gasteiger partial charge on any atom is 0.168 e. The Morgan fingerprint density at radius 2 is 2.37 bits per heavy atom. The molecular weight excluding hydrogens is 260 g/mol. The second-order valence-corrected chi connectivity index (χ2v) is 5.08. The number of hydrogen-bond donors (Lipinski definition) is 2. The highest BCUT2D eigenvalue weighted by molar-refractivity contribution is 7.80. The van der Waals surface area contributed by atoms with Crippen LogP contribution in [0.25, 0.3) is 10.9 Å². The number of nitrogens with one attached hydrogen (secondary N) is 1. The Bertz CT molecular complexity index is 604. The lowest BCUT2D eigenvalue weighted by molar-refractivity contribution is -0.0366. The van der Waals surface area contributed by atoms with Crippen molar-refractivity contribution in [2.24, 2.45) is 5.73 Å². The zero-order valence-electron chi connectivity index (χ0n) is 10.5. The fraction of sp³-hybridized carbons (Fsp3) is 0.385. The number of nitrogens with two attached hydrogens (primary N) is 1. The number of ether oxygens (including phenoxy) is 1. The van der Waals surface area contributed by atoms with Crippen molar-refractivity contribution in [1.29, 1.82) is 0 Å². The SMILES string of the molecule is NC(=S)Nc1cccc2cnn(C3CCCCO3)c12. The molecule has 5 nitrogen and oxygen atoms in total. The topological polar surface area (TPSA) is 65.1 Å². The molecule has 0 amide bonds. The number of rotatable bonds is 2. The number of anilines is 1. The number of benzene rings is 1. The summed E-state index contributed by atoms with van der Waals surface area (Å²) in [6.07, 6.45) is 5.11. The fourth-order valence-electron chi connectivity index (χ4n) is 2.47. The normalized spacial score (nSPS) is 19.5. The minimum Gasteiger partial charge on any atom is -0.376 e. The molecule has 2 aromatic rings. The minimum absolute atomic E-state index is 0.000505. The number of thiocarbonyl (C=S) groups is 1. The molecular formula is C13H16N4OS. The molecule has 3 rings (SSSR count). The Kier molecular flexibility index (Phi) is 3.35. The van der Waals surface area contributed by atoms with E-state index in [1.807, 2.05) is 29.1 Å². The molecule has 1 saturated heterocycles. The van der Waals surface area contributed by atoms with Gasteiger partial charge in [-0.3, -0.25) is 0 Å². The van der Waals surface area contributed by atoms with Gasteiger partial charge in [-0.25, -0.2) is 4.68 Å². The van der Waals surface area contributed by atoms with Gasteiger partial charge in [-0.1, -0.05) is 12.1 Å². The molecule has 2 heterocycles. The Morgan fingerprint density at radius 3 is 3.11 bits per heavy atom. The second-order valence-electron chi connectivity index (χ2n) is 4.64. The molecule has 1 aliphatic rings. The van der Waals surface area contributed by atoms with Gasteiger partial charge in [0, 0.05) is 12.0 Å². The third-order valence-electron chi connectivity index (χ3n) is 3.30. The average molecular weight is 276 g/mol. The van der Waals surface area contributed by atoms with Crippen LogP contribution in [0.1, 0.15) is 25.5 Å².